The van der Waals surface area contributed by atoms with Gasteiger partial charge in [0.2, 0.25) is 0 Å². The molecule has 0 rings (SSSR count). The minimum absolute atomic E-state index is 0.737. The van der Waals surface area contributed by atoms with Gasteiger partial charge in [-0.05, 0) is 26.2 Å². The summed E-state index contributed by atoms with van der Waals surface area (Å²) in [7, 11) is 0. The van der Waals surface area contributed by atoms with Crippen LogP contribution in [0.1, 0.15) is 58.8 Å². The van der Waals surface area contributed by atoms with Crippen molar-refractivity contribution in [2.45, 2.75) is 63.6 Å². The molecule has 0 aromatic rings. The third-order valence-electron chi connectivity index (χ3n) is 2.25. The quantitative estimate of drug-likeness (QED) is 0.319. The number of halogens is 1. The Hall–Kier alpha value is 0.220. The Morgan fingerprint density at radius 2 is 1.92 bits per heavy atom. The minimum Gasteiger partial charge on any atom is -0.0917 e. The van der Waals surface area contributed by atoms with Crippen molar-refractivity contribution in [2.24, 2.45) is 0 Å². The number of unbranched alkanes of at least 4 members (excludes halogenated alkanes) is 3. The van der Waals surface area contributed by atoms with E-state index in [1.165, 1.54) is 44.9 Å². The molecule has 0 aliphatic rings. The molecule has 0 aromatic heterocycles. The average Bonchev–Trinajstić information content (AvgIpc) is 2.13. The molecule has 0 aliphatic carbocycles. The van der Waals surface area contributed by atoms with Gasteiger partial charge in [0.25, 0.3) is 0 Å². The van der Waals surface area contributed by atoms with Crippen LogP contribution in [0.25, 0.3) is 0 Å². The number of rotatable bonds is 8. The van der Waals surface area contributed by atoms with E-state index in [0.29, 0.717) is 0 Å². The van der Waals surface area contributed by atoms with Crippen molar-refractivity contribution in [3.05, 3.63) is 12.2 Å². The number of alkyl halides is 1. The minimum atomic E-state index is 0.737. The topological polar surface area (TPSA) is 0 Å². The van der Waals surface area contributed by atoms with E-state index < -0.39 is 0 Å². The summed E-state index contributed by atoms with van der Waals surface area (Å²) in [5.74, 6) is 0. The molecule has 1 heteroatoms. The molecule has 0 fully saturated rings. The summed E-state index contributed by atoms with van der Waals surface area (Å²) in [5.41, 5.74) is 0. The Balaban J connectivity index is 3.14. The molecule has 0 saturated carbocycles. The first-order chi connectivity index (χ1) is 6.31. The fraction of sp³-hybridized carbons (Fsp3) is 0.833. The lowest BCUT2D eigenvalue weighted by molar-refractivity contribution is 0.606. The largest absolute Gasteiger partial charge is 0.0917 e. The highest BCUT2D eigenvalue weighted by molar-refractivity contribution is 9.09. The molecular weight excluding hydrogens is 224 g/mol. The molecule has 1 unspecified atom stereocenters. The van der Waals surface area contributed by atoms with Crippen LogP contribution in [0.4, 0.5) is 0 Å². The maximum Gasteiger partial charge on any atom is 0.0148 e. The number of hydrogen-bond acceptors (Lipinski definition) is 0. The van der Waals surface area contributed by atoms with E-state index in [1.807, 2.05) is 0 Å². The van der Waals surface area contributed by atoms with Crippen molar-refractivity contribution < 1.29 is 0 Å². The fourth-order valence-electron chi connectivity index (χ4n) is 1.38. The van der Waals surface area contributed by atoms with Crippen LogP contribution in [0.2, 0.25) is 0 Å². The van der Waals surface area contributed by atoms with Crippen molar-refractivity contribution in [3.8, 4) is 0 Å². The molecule has 0 radical (unpaired) electrons. The van der Waals surface area contributed by atoms with Gasteiger partial charge in [-0.15, -0.1) is 0 Å². The third kappa shape index (κ3) is 10.1. The molecule has 0 aliphatic heterocycles. The molecular formula is C12H23Br. The second kappa shape index (κ2) is 10.3. The van der Waals surface area contributed by atoms with E-state index in [2.05, 4.69) is 41.9 Å². The molecule has 0 heterocycles. The Labute approximate surface area is 91.9 Å². The molecule has 0 spiro atoms. The Morgan fingerprint density at radius 1 is 1.15 bits per heavy atom. The van der Waals surface area contributed by atoms with E-state index in [-0.39, 0.29) is 0 Å². The summed E-state index contributed by atoms with van der Waals surface area (Å²) < 4.78 is 0. The van der Waals surface area contributed by atoms with Crippen LogP contribution in [0, 0.1) is 0 Å². The summed E-state index contributed by atoms with van der Waals surface area (Å²) >= 11 is 3.73. The van der Waals surface area contributed by atoms with Crippen LogP contribution in [0.5, 0.6) is 0 Å². The fourth-order valence-corrected chi connectivity index (χ4v) is 1.97. The molecule has 78 valence electrons. The van der Waals surface area contributed by atoms with Gasteiger partial charge in [0.1, 0.15) is 0 Å². The molecule has 0 bridgehead atoms. The molecule has 0 amide bonds. The highest BCUT2D eigenvalue weighted by atomic mass is 79.9. The highest BCUT2D eigenvalue weighted by Gasteiger charge is 2.01. The van der Waals surface area contributed by atoms with Crippen molar-refractivity contribution in [2.75, 3.05) is 0 Å². The lowest BCUT2D eigenvalue weighted by Crippen LogP contribution is -1.96. The SMILES string of the molecule is CC=CCCC(Br)CCCCCC. The van der Waals surface area contributed by atoms with Crippen LogP contribution in [-0.4, -0.2) is 4.83 Å². The first-order valence-electron chi connectivity index (χ1n) is 5.56. The first kappa shape index (κ1) is 13.2. The third-order valence-corrected chi connectivity index (χ3v) is 3.17. The monoisotopic (exact) mass is 246 g/mol. The van der Waals surface area contributed by atoms with E-state index in [1.54, 1.807) is 0 Å². The van der Waals surface area contributed by atoms with E-state index >= 15 is 0 Å². The van der Waals surface area contributed by atoms with E-state index in [9.17, 15) is 0 Å². The van der Waals surface area contributed by atoms with Crippen LogP contribution >= 0.6 is 15.9 Å². The van der Waals surface area contributed by atoms with E-state index in [0.717, 1.165) is 4.83 Å². The van der Waals surface area contributed by atoms with Crippen molar-refractivity contribution in [1.29, 1.82) is 0 Å². The average molecular weight is 247 g/mol. The lowest BCUT2D eigenvalue weighted by atomic mass is 10.1. The Bertz CT molecular complexity index is 118. The zero-order valence-electron chi connectivity index (χ0n) is 9.06. The lowest BCUT2D eigenvalue weighted by Gasteiger charge is -2.07. The van der Waals surface area contributed by atoms with Crippen LogP contribution in [0.15, 0.2) is 12.2 Å². The summed E-state index contributed by atoms with van der Waals surface area (Å²) in [6, 6.07) is 0. The maximum absolute atomic E-state index is 3.73. The standard InChI is InChI=1S/C12H23Br/c1-3-5-7-9-11-12(13)10-8-6-4-2/h4,6,12H,3,5,7-11H2,1-2H3. The van der Waals surface area contributed by atoms with E-state index in [4.69, 9.17) is 0 Å². The summed E-state index contributed by atoms with van der Waals surface area (Å²) in [6.45, 7) is 4.35. The molecule has 0 nitrogen and oxygen atoms in total. The van der Waals surface area contributed by atoms with Crippen molar-refractivity contribution in [3.63, 3.8) is 0 Å². The van der Waals surface area contributed by atoms with Gasteiger partial charge >= 0.3 is 0 Å². The van der Waals surface area contributed by atoms with Crippen molar-refractivity contribution >= 4 is 15.9 Å². The van der Waals surface area contributed by atoms with Gasteiger partial charge in [0.15, 0.2) is 0 Å². The normalized spacial score (nSPS) is 13.8. The molecule has 13 heavy (non-hydrogen) atoms. The first-order valence-corrected chi connectivity index (χ1v) is 6.48. The summed E-state index contributed by atoms with van der Waals surface area (Å²) in [6.07, 6.45) is 13.8. The second-order valence-corrected chi connectivity index (χ2v) is 4.89. The van der Waals surface area contributed by atoms with Gasteiger partial charge in [-0.1, -0.05) is 60.7 Å². The maximum atomic E-state index is 3.73. The van der Waals surface area contributed by atoms with Crippen LogP contribution in [0.3, 0.4) is 0 Å². The molecule has 1 atom stereocenters. The van der Waals surface area contributed by atoms with Gasteiger partial charge in [0.05, 0.1) is 0 Å². The highest BCUT2D eigenvalue weighted by Crippen LogP contribution is 2.16. The summed E-state index contributed by atoms with van der Waals surface area (Å²) in [5, 5.41) is 0. The molecule has 0 N–H and O–H groups in total. The Morgan fingerprint density at radius 3 is 2.54 bits per heavy atom. The molecule has 0 saturated heterocycles. The van der Waals surface area contributed by atoms with Gasteiger partial charge in [-0.2, -0.15) is 0 Å². The second-order valence-electron chi connectivity index (χ2n) is 3.59. The van der Waals surface area contributed by atoms with Gasteiger partial charge in [-0.3, -0.25) is 0 Å². The molecule has 0 aromatic carbocycles. The Kier molecular flexibility index (Phi) is 10.5. The zero-order chi connectivity index (χ0) is 9.94. The van der Waals surface area contributed by atoms with Gasteiger partial charge in [-0.25, -0.2) is 0 Å². The van der Waals surface area contributed by atoms with Crippen LogP contribution in [-0.2, 0) is 0 Å². The predicted molar refractivity (Wildman–Crippen MR) is 65.5 cm³/mol. The smallest absolute Gasteiger partial charge is 0.0148 e. The predicted octanol–water partition coefficient (Wildman–Crippen LogP) is 5.08. The van der Waals surface area contributed by atoms with Gasteiger partial charge in [0, 0.05) is 4.83 Å². The van der Waals surface area contributed by atoms with Crippen molar-refractivity contribution in [1.82, 2.24) is 0 Å². The number of hydrogen-bond donors (Lipinski definition) is 0. The van der Waals surface area contributed by atoms with Gasteiger partial charge < -0.3 is 0 Å². The summed E-state index contributed by atoms with van der Waals surface area (Å²) in [4.78, 5) is 0.737. The zero-order valence-corrected chi connectivity index (χ0v) is 10.6. The number of allylic oxidation sites excluding steroid dienone is 2. The van der Waals surface area contributed by atoms with Crippen LogP contribution < -0.4 is 0 Å².